The highest BCUT2D eigenvalue weighted by atomic mass is 35.5. The lowest BCUT2D eigenvalue weighted by atomic mass is 10.1. The van der Waals surface area contributed by atoms with E-state index in [9.17, 15) is 9.59 Å². The first-order valence-corrected chi connectivity index (χ1v) is 12.6. The molecule has 0 atom stereocenters. The van der Waals surface area contributed by atoms with Crippen LogP contribution >= 0.6 is 23.2 Å². The highest BCUT2D eigenvalue weighted by Gasteiger charge is 2.25. The van der Waals surface area contributed by atoms with Crippen molar-refractivity contribution in [2.24, 2.45) is 5.92 Å². The Morgan fingerprint density at radius 3 is 2.23 bits per heavy atom. The molecule has 0 N–H and O–H groups in total. The maximum atomic E-state index is 13.5. The number of aromatic nitrogens is 1. The van der Waals surface area contributed by atoms with E-state index in [-0.39, 0.29) is 30.3 Å². The largest absolute Gasteiger partial charge is 0.345 e. The Morgan fingerprint density at radius 2 is 1.60 bits per heavy atom. The molecular weight excluding hydrogens is 481 g/mol. The maximum absolute atomic E-state index is 13.5. The number of nitrogens with zero attached hydrogens (tertiary/aromatic N) is 3. The summed E-state index contributed by atoms with van der Waals surface area (Å²) in [5, 5.41) is 1.28. The van der Waals surface area contributed by atoms with Crippen LogP contribution in [0.5, 0.6) is 0 Å². The van der Waals surface area contributed by atoms with Crippen LogP contribution in [0.2, 0.25) is 10.0 Å². The minimum absolute atomic E-state index is 0.0110. The minimum atomic E-state index is -0.184. The molecule has 0 saturated heterocycles. The van der Waals surface area contributed by atoms with Crippen molar-refractivity contribution in [1.82, 2.24) is 14.4 Å². The molecule has 0 unspecified atom stereocenters. The van der Waals surface area contributed by atoms with Crippen molar-refractivity contribution in [1.29, 1.82) is 0 Å². The molecule has 0 fully saturated rings. The predicted molar refractivity (Wildman–Crippen MR) is 143 cm³/mol. The Morgan fingerprint density at radius 1 is 0.914 bits per heavy atom. The smallest absolute Gasteiger partial charge is 0.254 e. The third-order valence-electron chi connectivity index (χ3n) is 5.79. The number of amides is 2. The van der Waals surface area contributed by atoms with Crippen LogP contribution in [-0.2, 0) is 17.9 Å². The van der Waals surface area contributed by atoms with Gasteiger partial charge in [0, 0.05) is 46.6 Å². The van der Waals surface area contributed by atoms with Gasteiger partial charge in [0.05, 0.1) is 6.54 Å². The van der Waals surface area contributed by atoms with Crippen LogP contribution in [-0.4, -0.2) is 45.3 Å². The molecule has 1 aromatic heterocycles. The second-order valence-corrected chi connectivity index (χ2v) is 10.3. The van der Waals surface area contributed by atoms with E-state index in [1.165, 1.54) is 0 Å². The van der Waals surface area contributed by atoms with Crippen molar-refractivity contribution in [3.63, 3.8) is 0 Å². The lowest BCUT2D eigenvalue weighted by Gasteiger charge is -2.31. The molecule has 0 saturated carbocycles. The van der Waals surface area contributed by atoms with E-state index in [4.69, 9.17) is 23.2 Å². The summed E-state index contributed by atoms with van der Waals surface area (Å²) in [5.74, 6) is 0.0159. The average Bonchev–Trinajstić information content (AvgIpc) is 3.24. The zero-order valence-corrected chi connectivity index (χ0v) is 22.3. The van der Waals surface area contributed by atoms with Crippen LogP contribution in [0.15, 0.2) is 66.9 Å². The molecular formula is C28H33Cl2N3O2. The summed E-state index contributed by atoms with van der Waals surface area (Å²) >= 11 is 12.3. The van der Waals surface area contributed by atoms with Crippen molar-refractivity contribution in [2.75, 3.05) is 13.1 Å². The van der Waals surface area contributed by atoms with Gasteiger partial charge in [0.25, 0.3) is 5.91 Å². The van der Waals surface area contributed by atoms with Crippen LogP contribution < -0.4 is 0 Å². The van der Waals surface area contributed by atoms with Gasteiger partial charge < -0.3 is 14.4 Å². The van der Waals surface area contributed by atoms with Crippen LogP contribution in [0.3, 0.4) is 0 Å². The lowest BCUT2D eigenvalue weighted by Crippen LogP contribution is -2.46. The zero-order chi connectivity index (χ0) is 25.5. The average molecular weight is 514 g/mol. The van der Waals surface area contributed by atoms with E-state index in [0.717, 1.165) is 16.3 Å². The molecule has 1 heterocycles. The van der Waals surface area contributed by atoms with Gasteiger partial charge in [0.2, 0.25) is 5.91 Å². The predicted octanol–water partition coefficient (Wildman–Crippen LogP) is 6.38. The number of hydrogen-bond acceptors (Lipinski definition) is 2. The summed E-state index contributed by atoms with van der Waals surface area (Å²) in [6.07, 6.45) is 2.00. The van der Waals surface area contributed by atoms with Gasteiger partial charge in [-0.15, -0.1) is 0 Å². The SMILES string of the molecule is CC(C)CN(Cc1cccn1Cc1ccccc1Cl)C(=O)CN(C(=O)c1ccc(Cl)cc1)C(C)C. The van der Waals surface area contributed by atoms with Crippen LogP contribution in [0, 0.1) is 5.92 Å². The highest BCUT2D eigenvalue weighted by molar-refractivity contribution is 6.31. The third-order valence-corrected chi connectivity index (χ3v) is 6.41. The molecule has 0 spiro atoms. The van der Waals surface area contributed by atoms with Gasteiger partial charge in [-0.25, -0.2) is 0 Å². The summed E-state index contributed by atoms with van der Waals surface area (Å²) in [5.41, 5.74) is 2.55. The Bertz CT molecular complexity index is 1140. The topological polar surface area (TPSA) is 45.6 Å². The molecule has 2 amide bonds. The molecule has 0 bridgehead atoms. The molecule has 5 nitrogen and oxygen atoms in total. The second kappa shape index (κ2) is 12.3. The van der Waals surface area contributed by atoms with Gasteiger partial charge in [0.1, 0.15) is 6.54 Å². The molecule has 186 valence electrons. The number of carbonyl (C=O) groups is 2. The van der Waals surface area contributed by atoms with Crippen molar-refractivity contribution >= 4 is 35.0 Å². The highest BCUT2D eigenvalue weighted by Crippen LogP contribution is 2.19. The minimum Gasteiger partial charge on any atom is -0.345 e. The van der Waals surface area contributed by atoms with Crippen molar-refractivity contribution < 1.29 is 9.59 Å². The van der Waals surface area contributed by atoms with E-state index in [2.05, 4.69) is 18.4 Å². The molecule has 0 aliphatic rings. The summed E-state index contributed by atoms with van der Waals surface area (Å²) in [6, 6.07) is 18.4. The molecule has 0 aliphatic heterocycles. The number of rotatable bonds is 10. The van der Waals surface area contributed by atoms with Crippen molar-refractivity contribution in [2.45, 2.75) is 46.8 Å². The van der Waals surface area contributed by atoms with E-state index < -0.39 is 0 Å². The number of benzene rings is 2. The molecule has 3 aromatic rings. The summed E-state index contributed by atoms with van der Waals surface area (Å²) in [7, 11) is 0. The molecule has 7 heteroatoms. The fourth-order valence-electron chi connectivity index (χ4n) is 3.94. The van der Waals surface area contributed by atoms with E-state index in [0.29, 0.717) is 30.2 Å². The standard InChI is InChI=1S/C28H33Cl2N3O2/c1-20(2)16-32(18-25-9-7-15-31(25)17-23-8-5-6-10-26(23)30)27(34)19-33(21(3)4)28(35)22-11-13-24(29)14-12-22/h5-15,20-21H,16-19H2,1-4H3. The number of halogens is 2. The van der Waals surface area contributed by atoms with Crippen LogP contribution in [0.1, 0.15) is 49.3 Å². The Labute approximate surface area is 218 Å². The maximum Gasteiger partial charge on any atom is 0.254 e. The lowest BCUT2D eigenvalue weighted by molar-refractivity contribution is -0.133. The van der Waals surface area contributed by atoms with Gasteiger partial charge in [-0.3, -0.25) is 9.59 Å². The molecule has 2 aromatic carbocycles. The third kappa shape index (κ3) is 7.36. The van der Waals surface area contributed by atoms with Gasteiger partial charge in [0.15, 0.2) is 0 Å². The quantitative estimate of drug-likeness (QED) is 0.315. The zero-order valence-electron chi connectivity index (χ0n) is 20.7. The summed E-state index contributed by atoms with van der Waals surface area (Å²) in [6.45, 7) is 9.69. The monoisotopic (exact) mass is 513 g/mol. The van der Waals surface area contributed by atoms with Crippen molar-refractivity contribution in [3.05, 3.63) is 93.7 Å². The van der Waals surface area contributed by atoms with E-state index >= 15 is 0 Å². The van der Waals surface area contributed by atoms with Crippen LogP contribution in [0.4, 0.5) is 0 Å². The first-order valence-electron chi connectivity index (χ1n) is 11.9. The van der Waals surface area contributed by atoms with Crippen LogP contribution in [0.25, 0.3) is 0 Å². The second-order valence-electron chi connectivity index (χ2n) is 9.42. The number of hydrogen-bond donors (Lipinski definition) is 0. The van der Waals surface area contributed by atoms with Gasteiger partial charge >= 0.3 is 0 Å². The van der Waals surface area contributed by atoms with E-state index in [1.54, 1.807) is 29.2 Å². The normalized spacial score (nSPS) is 11.2. The fourth-order valence-corrected chi connectivity index (χ4v) is 4.26. The Kier molecular flexibility index (Phi) is 9.41. The summed E-state index contributed by atoms with van der Waals surface area (Å²) in [4.78, 5) is 30.1. The molecule has 3 rings (SSSR count). The molecule has 0 radical (unpaired) electrons. The summed E-state index contributed by atoms with van der Waals surface area (Å²) < 4.78 is 2.11. The van der Waals surface area contributed by atoms with Gasteiger partial charge in [-0.1, -0.05) is 55.2 Å². The van der Waals surface area contributed by atoms with Crippen molar-refractivity contribution in [3.8, 4) is 0 Å². The number of carbonyl (C=O) groups excluding carboxylic acids is 2. The Hall–Kier alpha value is -2.76. The van der Waals surface area contributed by atoms with E-state index in [1.807, 2.05) is 61.3 Å². The first-order chi connectivity index (χ1) is 16.7. The Balaban J connectivity index is 1.78. The van der Waals surface area contributed by atoms with Gasteiger partial charge in [-0.2, -0.15) is 0 Å². The first kappa shape index (κ1) is 26.8. The molecule has 0 aliphatic carbocycles. The molecule has 35 heavy (non-hydrogen) atoms. The van der Waals surface area contributed by atoms with Gasteiger partial charge in [-0.05, 0) is 67.8 Å². The fraction of sp³-hybridized carbons (Fsp3) is 0.357.